The summed E-state index contributed by atoms with van der Waals surface area (Å²) in [5.41, 5.74) is 2.48. The number of hydrogen-bond acceptors (Lipinski definition) is 3. The van der Waals surface area contributed by atoms with Crippen LogP contribution in [0.25, 0.3) is 0 Å². The standard InChI is InChI=1S/C16H17FN2O/c1-10-3-8-14(16-19-18-11(2)20-16)15(9-10)12-4-6-13(17)7-5-12/h3-7,14-15H,8-9H2,1-2H3. The molecule has 1 aromatic carbocycles. The van der Waals surface area contributed by atoms with Crippen molar-refractivity contribution in [2.24, 2.45) is 0 Å². The smallest absolute Gasteiger partial charge is 0.220 e. The maximum atomic E-state index is 13.1. The van der Waals surface area contributed by atoms with E-state index in [-0.39, 0.29) is 17.7 Å². The highest BCUT2D eigenvalue weighted by atomic mass is 19.1. The molecule has 0 aliphatic heterocycles. The van der Waals surface area contributed by atoms with E-state index in [0.29, 0.717) is 11.8 Å². The maximum absolute atomic E-state index is 13.1. The van der Waals surface area contributed by atoms with E-state index in [4.69, 9.17) is 4.42 Å². The van der Waals surface area contributed by atoms with Crippen molar-refractivity contribution in [2.75, 3.05) is 0 Å². The van der Waals surface area contributed by atoms with Crippen molar-refractivity contribution in [1.82, 2.24) is 10.2 Å². The predicted molar refractivity (Wildman–Crippen MR) is 73.9 cm³/mol. The Kier molecular flexibility index (Phi) is 3.38. The molecule has 3 nitrogen and oxygen atoms in total. The van der Waals surface area contributed by atoms with Gasteiger partial charge in [0.1, 0.15) is 5.82 Å². The number of aromatic nitrogens is 2. The lowest BCUT2D eigenvalue weighted by atomic mass is 9.76. The molecule has 1 heterocycles. The number of hydrogen-bond donors (Lipinski definition) is 0. The summed E-state index contributed by atoms with van der Waals surface area (Å²) in [5, 5.41) is 8.09. The lowest BCUT2D eigenvalue weighted by molar-refractivity contribution is 0.381. The van der Waals surface area contributed by atoms with Crippen LogP contribution in [-0.2, 0) is 0 Å². The van der Waals surface area contributed by atoms with Gasteiger partial charge in [-0.25, -0.2) is 4.39 Å². The summed E-state index contributed by atoms with van der Waals surface area (Å²) in [5.74, 6) is 1.50. The molecule has 4 heteroatoms. The predicted octanol–water partition coefficient (Wildman–Crippen LogP) is 4.12. The second kappa shape index (κ2) is 5.19. The van der Waals surface area contributed by atoms with E-state index >= 15 is 0 Å². The molecular formula is C16H17FN2O. The fourth-order valence-corrected chi connectivity index (χ4v) is 2.86. The Labute approximate surface area is 117 Å². The van der Waals surface area contributed by atoms with E-state index in [1.54, 1.807) is 6.92 Å². The number of halogens is 1. The topological polar surface area (TPSA) is 38.9 Å². The van der Waals surface area contributed by atoms with Crippen LogP contribution in [0.15, 0.2) is 40.3 Å². The minimum atomic E-state index is -0.206. The lowest BCUT2D eigenvalue weighted by Crippen LogP contribution is -2.16. The average molecular weight is 272 g/mol. The van der Waals surface area contributed by atoms with Crippen LogP contribution in [0.1, 0.15) is 48.9 Å². The van der Waals surface area contributed by atoms with Gasteiger partial charge in [0.15, 0.2) is 0 Å². The summed E-state index contributed by atoms with van der Waals surface area (Å²) in [6.45, 7) is 3.93. The van der Waals surface area contributed by atoms with E-state index in [0.717, 1.165) is 18.4 Å². The average Bonchev–Trinajstić information content (AvgIpc) is 2.86. The molecule has 2 aromatic rings. The van der Waals surface area contributed by atoms with E-state index in [9.17, 15) is 4.39 Å². The summed E-state index contributed by atoms with van der Waals surface area (Å²) in [6.07, 6.45) is 4.05. The lowest BCUT2D eigenvalue weighted by Gasteiger charge is -2.28. The van der Waals surface area contributed by atoms with Gasteiger partial charge in [-0.1, -0.05) is 23.8 Å². The Balaban J connectivity index is 1.96. The highest BCUT2D eigenvalue weighted by molar-refractivity contribution is 5.28. The molecule has 1 aromatic heterocycles. The van der Waals surface area contributed by atoms with Crippen LogP contribution in [0.3, 0.4) is 0 Å². The molecule has 0 saturated heterocycles. The van der Waals surface area contributed by atoms with Crippen LogP contribution in [0, 0.1) is 12.7 Å². The van der Waals surface area contributed by atoms with Gasteiger partial charge in [-0.3, -0.25) is 0 Å². The minimum Gasteiger partial charge on any atom is -0.425 e. The molecule has 2 unspecified atom stereocenters. The van der Waals surface area contributed by atoms with Gasteiger partial charge in [0.2, 0.25) is 11.8 Å². The van der Waals surface area contributed by atoms with Crippen molar-refractivity contribution >= 4 is 0 Å². The van der Waals surface area contributed by atoms with Crippen molar-refractivity contribution in [3.63, 3.8) is 0 Å². The molecule has 0 radical (unpaired) electrons. The Morgan fingerprint density at radius 1 is 1.10 bits per heavy atom. The second-order valence-corrected chi connectivity index (χ2v) is 5.41. The van der Waals surface area contributed by atoms with Gasteiger partial charge in [-0.2, -0.15) is 0 Å². The molecule has 1 aliphatic rings. The number of benzene rings is 1. The zero-order valence-electron chi connectivity index (χ0n) is 11.6. The molecule has 0 spiro atoms. The molecular weight excluding hydrogens is 255 g/mol. The summed E-state index contributed by atoms with van der Waals surface area (Å²) < 4.78 is 18.7. The van der Waals surface area contributed by atoms with Gasteiger partial charge in [0.05, 0.1) is 0 Å². The molecule has 0 amide bonds. The van der Waals surface area contributed by atoms with E-state index in [1.165, 1.54) is 17.7 Å². The van der Waals surface area contributed by atoms with Gasteiger partial charge in [-0.15, -0.1) is 10.2 Å². The number of allylic oxidation sites excluding steroid dienone is 2. The van der Waals surface area contributed by atoms with Crippen LogP contribution < -0.4 is 0 Å². The second-order valence-electron chi connectivity index (χ2n) is 5.41. The molecule has 20 heavy (non-hydrogen) atoms. The van der Waals surface area contributed by atoms with Crippen molar-refractivity contribution in [3.8, 4) is 0 Å². The summed E-state index contributed by atoms with van der Waals surface area (Å²) in [6, 6.07) is 6.74. The van der Waals surface area contributed by atoms with Crippen molar-refractivity contribution in [1.29, 1.82) is 0 Å². The van der Waals surface area contributed by atoms with Crippen molar-refractivity contribution < 1.29 is 8.81 Å². The molecule has 0 saturated carbocycles. The van der Waals surface area contributed by atoms with E-state index < -0.39 is 0 Å². The SMILES string of the molecule is CC1=CCC(c2nnc(C)o2)C(c2ccc(F)cc2)C1. The van der Waals surface area contributed by atoms with Crippen LogP contribution in [-0.4, -0.2) is 10.2 Å². The molecule has 0 fully saturated rings. The van der Waals surface area contributed by atoms with Crippen LogP contribution >= 0.6 is 0 Å². The maximum Gasteiger partial charge on any atom is 0.220 e. The van der Waals surface area contributed by atoms with E-state index in [2.05, 4.69) is 23.2 Å². The fourth-order valence-electron chi connectivity index (χ4n) is 2.86. The first kappa shape index (κ1) is 13.0. The minimum absolute atomic E-state index is 0.172. The van der Waals surface area contributed by atoms with E-state index in [1.807, 2.05) is 12.1 Å². The molecule has 1 aliphatic carbocycles. The van der Waals surface area contributed by atoms with Crippen molar-refractivity contribution in [2.45, 2.75) is 38.5 Å². The van der Waals surface area contributed by atoms with Gasteiger partial charge >= 0.3 is 0 Å². The van der Waals surface area contributed by atoms with Gasteiger partial charge < -0.3 is 4.42 Å². The first-order valence-electron chi connectivity index (χ1n) is 6.84. The summed E-state index contributed by atoms with van der Waals surface area (Å²) >= 11 is 0. The normalized spacial score (nSPS) is 22.6. The monoisotopic (exact) mass is 272 g/mol. The molecule has 3 rings (SSSR count). The fraction of sp³-hybridized carbons (Fsp3) is 0.375. The molecule has 0 N–H and O–H groups in total. The Morgan fingerprint density at radius 2 is 1.85 bits per heavy atom. The summed E-state index contributed by atoms with van der Waals surface area (Å²) in [4.78, 5) is 0. The number of aryl methyl sites for hydroxylation is 1. The van der Waals surface area contributed by atoms with Crippen LogP contribution in [0.4, 0.5) is 4.39 Å². The quantitative estimate of drug-likeness (QED) is 0.772. The largest absolute Gasteiger partial charge is 0.425 e. The van der Waals surface area contributed by atoms with Crippen LogP contribution in [0.5, 0.6) is 0 Å². The third-order valence-corrected chi connectivity index (χ3v) is 3.90. The highest BCUT2D eigenvalue weighted by Crippen LogP contribution is 2.43. The summed E-state index contributed by atoms with van der Waals surface area (Å²) in [7, 11) is 0. The first-order chi connectivity index (χ1) is 9.63. The van der Waals surface area contributed by atoms with Gasteiger partial charge in [0, 0.05) is 12.8 Å². The zero-order valence-corrected chi connectivity index (χ0v) is 11.6. The highest BCUT2D eigenvalue weighted by Gasteiger charge is 2.31. The van der Waals surface area contributed by atoms with Gasteiger partial charge in [-0.05, 0) is 43.4 Å². The molecule has 2 atom stereocenters. The third kappa shape index (κ3) is 2.50. The Bertz CT molecular complexity index is 630. The number of nitrogens with zero attached hydrogens (tertiary/aromatic N) is 2. The molecule has 104 valence electrons. The Hall–Kier alpha value is -1.97. The first-order valence-corrected chi connectivity index (χ1v) is 6.84. The number of rotatable bonds is 2. The van der Waals surface area contributed by atoms with Crippen LogP contribution in [0.2, 0.25) is 0 Å². The van der Waals surface area contributed by atoms with Crippen molar-refractivity contribution in [3.05, 3.63) is 59.1 Å². The van der Waals surface area contributed by atoms with Gasteiger partial charge in [0.25, 0.3) is 0 Å². The molecule has 0 bridgehead atoms. The Morgan fingerprint density at radius 3 is 2.50 bits per heavy atom. The third-order valence-electron chi connectivity index (χ3n) is 3.90. The zero-order chi connectivity index (χ0) is 14.1.